The molecule has 0 aliphatic carbocycles. The van der Waals surface area contributed by atoms with Gasteiger partial charge in [0.05, 0.1) is 12.6 Å². The molecule has 1 N–H and O–H groups in total. The average Bonchev–Trinajstić information content (AvgIpc) is 2.44. The zero-order valence-electron chi connectivity index (χ0n) is 11.7. The molecule has 0 bridgehead atoms. The summed E-state index contributed by atoms with van der Waals surface area (Å²) in [4.78, 5) is 4.74. The molecule has 0 amide bonds. The lowest BCUT2D eigenvalue weighted by molar-refractivity contribution is 0.415. The molecule has 1 heterocycles. The van der Waals surface area contributed by atoms with Gasteiger partial charge >= 0.3 is 0 Å². The molecule has 19 heavy (non-hydrogen) atoms. The summed E-state index contributed by atoms with van der Waals surface area (Å²) >= 11 is 1.81. The Morgan fingerprint density at radius 3 is 2.84 bits per heavy atom. The first-order chi connectivity index (χ1) is 9.28. The minimum atomic E-state index is 0.846. The van der Waals surface area contributed by atoms with Crippen molar-refractivity contribution in [1.29, 1.82) is 0 Å². The maximum absolute atomic E-state index is 5.26. The summed E-state index contributed by atoms with van der Waals surface area (Å²) in [6.45, 7) is 3.11. The fourth-order valence-electron chi connectivity index (χ4n) is 1.98. The van der Waals surface area contributed by atoms with Gasteiger partial charge in [0.1, 0.15) is 11.6 Å². The molecule has 0 atom stereocenters. The number of thioether (sulfide) groups is 1. The highest BCUT2D eigenvalue weighted by Gasteiger charge is 2.07. The Labute approximate surface area is 118 Å². The molecular formula is C15H20N2OS. The van der Waals surface area contributed by atoms with Gasteiger partial charge in [-0.25, -0.2) is 4.98 Å². The number of aromatic nitrogens is 1. The minimum absolute atomic E-state index is 0.846. The molecule has 1 aromatic heterocycles. The minimum Gasteiger partial charge on any atom is -0.497 e. The first kappa shape index (κ1) is 14.0. The van der Waals surface area contributed by atoms with Crippen molar-refractivity contribution in [3.63, 3.8) is 0 Å². The number of ether oxygens (including phenoxy) is 1. The van der Waals surface area contributed by atoms with E-state index in [4.69, 9.17) is 9.72 Å². The number of rotatable bonds is 6. The predicted octanol–water partition coefficient (Wildman–Crippen LogP) is 3.93. The Bertz CT molecular complexity index is 557. The van der Waals surface area contributed by atoms with Gasteiger partial charge in [-0.1, -0.05) is 6.92 Å². The van der Waals surface area contributed by atoms with Crippen molar-refractivity contribution < 1.29 is 4.74 Å². The molecule has 0 aliphatic heterocycles. The summed E-state index contributed by atoms with van der Waals surface area (Å²) in [5.41, 5.74) is 2.24. The number of nitrogens with one attached hydrogen (secondary N) is 1. The molecule has 102 valence electrons. The summed E-state index contributed by atoms with van der Waals surface area (Å²) in [5.74, 6) is 2.82. The van der Waals surface area contributed by atoms with E-state index in [1.807, 2.05) is 23.9 Å². The van der Waals surface area contributed by atoms with Gasteiger partial charge in [0.15, 0.2) is 0 Å². The number of benzene rings is 1. The Morgan fingerprint density at radius 1 is 1.32 bits per heavy atom. The number of hydrogen-bond donors (Lipinski definition) is 1. The van der Waals surface area contributed by atoms with E-state index in [0.29, 0.717) is 0 Å². The molecular weight excluding hydrogens is 256 g/mol. The van der Waals surface area contributed by atoms with Crippen molar-refractivity contribution in [2.75, 3.05) is 25.2 Å². The molecule has 0 unspecified atom stereocenters. The zero-order chi connectivity index (χ0) is 13.7. The van der Waals surface area contributed by atoms with Gasteiger partial charge in [0.2, 0.25) is 0 Å². The van der Waals surface area contributed by atoms with Crippen molar-refractivity contribution >= 4 is 28.5 Å². The Balaban J connectivity index is 2.45. The van der Waals surface area contributed by atoms with Crippen LogP contribution >= 0.6 is 11.8 Å². The fourth-order valence-corrected chi connectivity index (χ4v) is 2.51. The quantitative estimate of drug-likeness (QED) is 0.867. The average molecular weight is 276 g/mol. The van der Waals surface area contributed by atoms with Crippen LogP contribution in [0.15, 0.2) is 24.3 Å². The summed E-state index contributed by atoms with van der Waals surface area (Å²) in [6, 6.07) is 8.24. The number of hydrogen-bond acceptors (Lipinski definition) is 4. The van der Waals surface area contributed by atoms with E-state index in [0.717, 1.165) is 41.2 Å². The Kier molecular flexibility index (Phi) is 4.91. The van der Waals surface area contributed by atoms with Gasteiger partial charge in [-0.2, -0.15) is 11.8 Å². The monoisotopic (exact) mass is 276 g/mol. The second kappa shape index (κ2) is 6.66. The normalized spacial score (nSPS) is 10.7. The van der Waals surface area contributed by atoms with Crippen molar-refractivity contribution in [3.8, 4) is 5.75 Å². The van der Waals surface area contributed by atoms with Crippen LogP contribution in [0.4, 0.5) is 5.82 Å². The van der Waals surface area contributed by atoms with E-state index >= 15 is 0 Å². The number of nitrogens with zero attached hydrogens (tertiary/aromatic N) is 1. The Morgan fingerprint density at radius 2 is 2.16 bits per heavy atom. The third-order valence-corrected chi connectivity index (χ3v) is 3.55. The fraction of sp³-hybridized carbons (Fsp3) is 0.400. The van der Waals surface area contributed by atoms with Gasteiger partial charge in [-0.15, -0.1) is 0 Å². The molecule has 3 nitrogen and oxygen atoms in total. The van der Waals surface area contributed by atoms with Crippen LogP contribution in [0.2, 0.25) is 0 Å². The van der Waals surface area contributed by atoms with Gasteiger partial charge in [0.25, 0.3) is 0 Å². The third kappa shape index (κ3) is 3.32. The highest BCUT2D eigenvalue weighted by Crippen LogP contribution is 2.26. The first-order valence-corrected chi connectivity index (χ1v) is 7.88. The molecule has 0 saturated carbocycles. The van der Waals surface area contributed by atoms with Crippen LogP contribution in [0.1, 0.15) is 18.9 Å². The van der Waals surface area contributed by atoms with E-state index < -0.39 is 0 Å². The van der Waals surface area contributed by atoms with E-state index in [9.17, 15) is 0 Å². The largest absolute Gasteiger partial charge is 0.497 e. The van der Waals surface area contributed by atoms with Crippen LogP contribution in [0.5, 0.6) is 5.75 Å². The SMILES string of the molecule is CCCNc1nc2cc(OC)ccc2cc1CSC. The van der Waals surface area contributed by atoms with Gasteiger partial charge in [-0.05, 0) is 30.9 Å². The molecule has 0 fully saturated rings. The summed E-state index contributed by atoms with van der Waals surface area (Å²) < 4.78 is 5.26. The molecule has 0 saturated heterocycles. The number of methoxy groups -OCH3 is 1. The molecule has 2 aromatic rings. The maximum atomic E-state index is 5.26. The lowest BCUT2D eigenvalue weighted by Crippen LogP contribution is -2.05. The second-order valence-electron chi connectivity index (χ2n) is 4.41. The van der Waals surface area contributed by atoms with Crippen LogP contribution in [0.3, 0.4) is 0 Å². The second-order valence-corrected chi connectivity index (χ2v) is 5.28. The first-order valence-electron chi connectivity index (χ1n) is 6.49. The highest BCUT2D eigenvalue weighted by atomic mass is 32.2. The number of fused-ring (bicyclic) bond motifs is 1. The van der Waals surface area contributed by atoms with Crippen molar-refractivity contribution in [2.24, 2.45) is 0 Å². The van der Waals surface area contributed by atoms with Crippen molar-refractivity contribution in [1.82, 2.24) is 4.98 Å². The molecule has 4 heteroatoms. The lowest BCUT2D eigenvalue weighted by atomic mass is 10.1. The third-order valence-electron chi connectivity index (χ3n) is 2.95. The van der Waals surface area contributed by atoms with E-state index in [-0.39, 0.29) is 0 Å². The van der Waals surface area contributed by atoms with Gasteiger partial charge < -0.3 is 10.1 Å². The topological polar surface area (TPSA) is 34.2 Å². The summed E-state index contributed by atoms with van der Waals surface area (Å²) in [7, 11) is 1.68. The van der Waals surface area contributed by atoms with Crippen LogP contribution < -0.4 is 10.1 Å². The standard InChI is InChI=1S/C15H20N2OS/c1-4-7-16-15-12(10-19-3)8-11-5-6-13(18-2)9-14(11)17-15/h5-6,8-9H,4,7,10H2,1-3H3,(H,16,17). The van der Waals surface area contributed by atoms with Crippen molar-refractivity contribution in [2.45, 2.75) is 19.1 Å². The summed E-state index contributed by atoms with van der Waals surface area (Å²) in [5, 5.41) is 4.57. The number of anilines is 1. The molecule has 0 spiro atoms. The molecule has 1 aromatic carbocycles. The van der Waals surface area contributed by atoms with Crippen LogP contribution in [0, 0.1) is 0 Å². The highest BCUT2D eigenvalue weighted by molar-refractivity contribution is 7.97. The summed E-state index contributed by atoms with van der Waals surface area (Å²) in [6.07, 6.45) is 3.21. The molecule has 0 aliphatic rings. The van der Waals surface area contributed by atoms with E-state index in [2.05, 4.69) is 30.6 Å². The van der Waals surface area contributed by atoms with E-state index in [1.54, 1.807) is 7.11 Å². The molecule has 2 rings (SSSR count). The van der Waals surface area contributed by atoms with Crippen molar-refractivity contribution in [3.05, 3.63) is 29.8 Å². The lowest BCUT2D eigenvalue weighted by Gasteiger charge is -2.12. The molecule has 0 radical (unpaired) electrons. The zero-order valence-corrected chi connectivity index (χ0v) is 12.5. The van der Waals surface area contributed by atoms with Crippen LogP contribution in [0.25, 0.3) is 10.9 Å². The predicted molar refractivity (Wildman–Crippen MR) is 84.3 cm³/mol. The number of pyridine rings is 1. The van der Waals surface area contributed by atoms with Crippen LogP contribution in [-0.4, -0.2) is 24.9 Å². The van der Waals surface area contributed by atoms with Gasteiger partial charge in [0, 0.05) is 29.3 Å². The van der Waals surface area contributed by atoms with Gasteiger partial charge in [-0.3, -0.25) is 0 Å². The maximum Gasteiger partial charge on any atom is 0.130 e. The van der Waals surface area contributed by atoms with Crippen LogP contribution in [-0.2, 0) is 5.75 Å². The smallest absolute Gasteiger partial charge is 0.130 e. The Hall–Kier alpha value is -1.42. The van der Waals surface area contributed by atoms with E-state index in [1.165, 1.54) is 5.56 Å².